The number of carbonyl (C=O) groups excluding carboxylic acids is 1. The number of amides is 1. The lowest BCUT2D eigenvalue weighted by Gasteiger charge is -2.17. The first kappa shape index (κ1) is 13.1. The second kappa shape index (κ2) is 6.00. The highest BCUT2D eigenvalue weighted by Gasteiger charge is 2.11. The fourth-order valence-corrected chi connectivity index (χ4v) is 1.65. The predicted octanol–water partition coefficient (Wildman–Crippen LogP) is 2.43. The number of ether oxygens (including phenoxy) is 1. The summed E-state index contributed by atoms with van der Waals surface area (Å²) in [6.45, 7) is 1.85. The molecule has 98 valence electrons. The van der Waals surface area contributed by atoms with E-state index in [9.17, 15) is 4.79 Å². The first-order chi connectivity index (χ1) is 9.18. The van der Waals surface area contributed by atoms with Crippen molar-refractivity contribution in [2.24, 2.45) is 0 Å². The van der Waals surface area contributed by atoms with Crippen molar-refractivity contribution in [1.82, 2.24) is 4.98 Å². The molecule has 0 bridgehead atoms. The number of anilines is 1. The van der Waals surface area contributed by atoms with E-state index >= 15 is 0 Å². The first-order valence-corrected chi connectivity index (χ1v) is 6.04. The molecule has 19 heavy (non-hydrogen) atoms. The zero-order valence-electron chi connectivity index (χ0n) is 11.0. The number of hydrogen-bond donors (Lipinski definition) is 0. The van der Waals surface area contributed by atoms with E-state index < -0.39 is 0 Å². The van der Waals surface area contributed by atoms with Gasteiger partial charge in [-0.15, -0.1) is 0 Å². The number of aromatic nitrogens is 1. The monoisotopic (exact) mass is 256 g/mol. The molecular formula is C15H16N2O2. The lowest BCUT2D eigenvalue weighted by molar-refractivity contribution is -0.120. The number of pyridine rings is 1. The maximum atomic E-state index is 12.0. The highest BCUT2D eigenvalue weighted by Crippen LogP contribution is 2.15. The van der Waals surface area contributed by atoms with E-state index in [1.807, 2.05) is 37.3 Å². The minimum absolute atomic E-state index is 0.00206. The fraction of sp³-hybridized carbons (Fsp3) is 0.200. The van der Waals surface area contributed by atoms with Gasteiger partial charge in [-0.05, 0) is 31.2 Å². The Hall–Kier alpha value is -2.36. The summed E-state index contributed by atoms with van der Waals surface area (Å²) in [6, 6.07) is 13.1. The molecule has 1 heterocycles. The van der Waals surface area contributed by atoms with Crippen LogP contribution in [0.15, 0.2) is 48.7 Å². The lowest BCUT2D eigenvalue weighted by Crippen LogP contribution is -2.31. The van der Waals surface area contributed by atoms with E-state index in [2.05, 4.69) is 4.98 Å². The van der Waals surface area contributed by atoms with Gasteiger partial charge in [-0.3, -0.25) is 9.78 Å². The van der Waals surface area contributed by atoms with Crippen molar-refractivity contribution in [1.29, 1.82) is 0 Å². The maximum Gasteiger partial charge on any atom is 0.264 e. The highest BCUT2D eigenvalue weighted by molar-refractivity contribution is 5.93. The van der Waals surface area contributed by atoms with Gasteiger partial charge in [-0.25, -0.2) is 0 Å². The van der Waals surface area contributed by atoms with Crippen LogP contribution in [0.4, 0.5) is 5.69 Å². The Bertz CT molecular complexity index is 555. The number of benzene rings is 1. The Balaban J connectivity index is 1.97. The van der Waals surface area contributed by atoms with Crippen LogP contribution in [-0.2, 0) is 4.79 Å². The van der Waals surface area contributed by atoms with Crippen molar-refractivity contribution < 1.29 is 9.53 Å². The average Bonchev–Trinajstić information content (AvgIpc) is 2.46. The van der Waals surface area contributed by atoms with Gasteiger partial charge < -0.3 is 9.64 Å². The zero-order chi connectivity index (χ0) is 13.7. The third-order valence-corrected chi connectivity index (χ3v) is 2.83. The first-order valence-electron chi connectivity index (χ1n) is 6.04. The number of nitrogens with zero attached hydrogens (tertiary/aromatic N) is 2. The third kappa shape index (κ3) is 3.31. The summed E-state index contributed by atoms with van der Waals surface area (Å²) in [5.74, 6) is 0.534. The molecule has 4 heteroatoms. The molecule has 0 spiro atoms. The molecule has 1 amide bonds. The molecule has 0 aliphatic rings. The molecule has 0 radical (unpaired) electrons. The van der Waals surface area contributed by atoms with E-state index in [1.54, 1.807) is 30.3 Å². The number of carbonyl (C=O) groups is 1. The molecule has 1 aromatic carbocycles. The number of aryl methyl sites for hydroxylation is 1. The van der Waals surface area contributed by atoms with Crippen LogP contribution in [-0.4, -0.2) is 24.5 Å². The Morgan fingerprint density at radius 1 is 1.21 bits per heavy atom. The SMILES string of the molecule is Cc1ncccc1OCC(=O)N(C)c1ccccc1. The normalized spacial score (nSPS) is 10.0. The van der Waals surface area contributed by atoms with Crippen molar-refractivity contribution >= 4 is 11.6 Å². The molecule has 2 aromatic rings. The van der Waals surface area contributed by atoms with Crippen molar-refractivity contribution in [3.8, 4) is 5.75 Å². The number of hydrogen-bond acceptors (Lipinski definition) is 3. The van der Waals surface area contributed by atoms with Crippen LogP contribution in [0, 0.1) is 6.92 Å². The van der Waals surface area contributed by atoms with Crippen LogP contribution in [0.1, 0.15) is 5.69 Å². The number of rotatable bonds is 4. The summed E-state index contributed by atoms with van der Waals surface area (Å²) in [6.07, 6.45) is 1.69. The Morgan fingerprint density at radius 2 is 1.95 bits per heavy atom. The van der Waals surface area contributed by atoms with Gasteiger partial charge >= 0.3 is 0 Å². The van der Waals surface area contributed by atoms with Gasteiger partial charge in [0, 0.05) is 18.9 Å². The predicted molar refractivity (Wildman–Crippen MR) is 74.3 cm³/mol. The summed E-state index contributed by atoms with van der Waals surface area (Å²) in [7, 11) is 1.73. The average molecular weight is 256 g/mol. The van der Waals surface area contributed by atoms with Crippen LogP contribution in [0.5, 0.6) is 5.75 Å². The van der Waals surface area contributed by atoms with Gasteiger partial charge in [-0.1, -0.05) is 18.2 Å². The maximum absolute atomic E-state index is 12.0. The van der Waals surface area contributed by atoms with Crippen LogP contribution < -0.4 is 9.64 Å². The van der Waals surface area contributed by atoms with Gasteiger partial charge in [0.05, 0.1) is 5.69 Å². The van der Waals surface area contributed by atoms with Crippen molar-refractivity contribution in [3.63, 3.8) is 0 Å². The quantitative estimate of drug-likeness (QED) is 0.843. The van der Waals surface area contributed by atoms with E-state index in [4.69, 9.17) is 4.74 Å². The molecule has 0 saturated carbocycles. The van der Waals surface area contributed by atoms with E-state index in [1.165, 1.54) is 0 Å². The van der Waals surface area contributed by atoms with E-state index in [0.29, 0.717) is 5.75 Å². The Morgan fingerprint density at radius 3 is 2.63 bits per heavy atom. The molecule has 0 aliphatic heterocycles. The third-order valence-electron chi connectivity index (χ3n) is 2.83. The molecule has 0 saturated heterocycles. The van der Waals surface area contributed by atoms with Gasteiger partial charge in [0.1, 0.15) is 5.75 Å². The molecule has 0 N–H and O–H groups in total. The van der Waals surface area contributed by atoms with Crippen LogP contribution >= 0.6 is 0 Å². The summed E-state index contributed by atoms with van der Waals surface area (Å²) >= 11 is 0. The van der Waals surface area contributed by atoms with Crippen LogP contribution in [0.25, 0.3) is 0 Å². The van der Waals surface area contributed by atoms with E-state index in [-0.39, 0.29) is 12.5 Å². The van der Waals surface area contributed by atoms with Crippen LogP contribution in [0.2, 0.25) is 0 Å². The van der Waals surface area contributed by atoms with Crippen LogP contribution in [0.3, 0.4) is 0 Å². The van der Waals surface area contributed by atoms with Gasteiger partial charge in [-0.2, -0.15) is 0 Å². The minimum Gasteiger partial charge on any atom is -0.482 e. The minimum atomic E-state index is -0.102. The highest BCUT2D eigenvalue weighted by atomic mass is 16.5. The van der Waals surface area contributed by atoms with E-state index in [0.717, 1.165) is 11.4 Å². The summed E-state index contributed by atoms with van der Waals surface area (Å²) in [5.41, 5.74) is 1.62. The number of para-hydroxylation sites is 1. The largest absolute Gasteiger partial charge is 0.482 e. The smallest absolute Gasteiger partial charge is 0.264 e. The van der Waals surface area contributed by atoms with Gasteiger partial charge in [0.2, 0.25) is 0 Å². The van der Waals surface area contributed by atoms with Crippen molar-refractivity contribution in [3.05, 3.63) is 54.4 Å². The zero-order valence-corrected chi connectivity index (χ0v) is 11.0. The Kier molecular flexibility index (Phi) is 4.13. The summed E-state index contributed by atoms with van der Waals surface area (Å²) < 4.78 is 5.49. The topological polar surface area (TPSA) is 42.4 Å². The lowest BCUT2D eigenvalue weighted by atomic mass is 10.3. The van der Waals surface area contributed by atoms with Crippen molar-refractivity contribution in [2.45, 2.75) is 6.92 Å². The molecule has 0 atom stereocenters. The molecule has 0 unspecified atom stereocenters. The molecular weight excluding hydrogens is 240 g/mol. The second-order valence-corrected chi connectivity index (χ2v) is 4.16. The number of likely N-dealkylation sites (N-methyl/N-ethyl adjacent to an activating group) is 1. The molecule has 4 nitrogen and oxygen atoms in total. The standard InChI is InChI=1S/C15H16N2O2/c1-12-14(9-6-10-16-12)19-11-15(18)17(2)13-7-4-3-5-8-13/h3-10H,11H2,1-2H3. The van der Waals surface area contributed by atoms with Gasteiger partial charge in [0.25, 0.3) is 5.91 Å². The van der Waals surface area contributed by atoms with Crippen molar-refractivity contribution in [2.75, 3.05) is 18.6 Å². The molecule has 1 aromatic heterocycles. The molecule has 2 rings (SSSR count). The summed E-state index contributed by atoms with van der Waals surface area (Å²) in [5, 5.41) is 0. The summed E-state index contributed by atoms with van der Waals surface area (Å²) in [4.78, 5) is 17.7. The second-order valence-electron chi connectivity index (χ2n) is 4.16. The molecule has 0 aliphatic carbocycles. The Labute approximate surface area is 112 Å². The fourth-order valence-electron chi connectivity index (χ4n) is 1.65. The molecule has 0 fully saturated rings. The van der Waals surface area contributed by atoms with Gasteiger partial charge in [0.15, 0.2) is 6.61 Å².